The van der Waals surface area contributed by atoms with Crippen LogP contribution in [-0.4, -0.2) is 6.61 Å². The molecule has 0 fully saturated rings. The Hall–Kier alpha value is -1.76. The summed E-state index contributed by atoms with van der Waals surface area (Å²) in [6.45, 7) is 7.41. The number of rotatable bonds is 4. The van der Waals surface area contributed by atoms with Crippen LogP contribution < -0.4 is 4.74 Å². The molecule has 0 spiro atoms. The second kappa shape index (κ2) is 5.92. The molecule has 1 heteroatoms. The van der Waals surface area contributed by atoms with Gasteiger partial charge in [0, 0.05) is 6.42 Å². The van der Waals surface area contributed by atoms with E-state index in [1.54, 1.807) is 0 Å². The summed E-state index contributed by atoms with van der Waals surface area (Å²) in [6.07, 6.45) is 0.934. The fourth-order valence-electron chi connectivity index (χ4n) is 1.93. The first-order valence-corrected chi connectivity index (χ1v) is 6.74. The van der Waals surface area contributed by atoms with Crippen molar-refractivity contribution < 1.29 is 4.74 Å². The highest BCUT2D eigenvalue weighted by molar-refractivity contribution is 5.27. The molecule has 0 atom stereocenters. The molecule has 0 aromatic heterocycles. The molecular weight excluding hydrogens is 232 g/mol. The van der Waals surface area contributed by atoms with Crippen LogP contribution in [0.1, 0.15) is 31.9 Å². The Labute approximate surface area is 116 Å². The molecule has 1 nitrogen and oxygen atoms in total. The van der Waals surface area contributed by atoms with Crippen molar-refractivity contribution >= 4 is 0 Å². The van der Waals surface area contributed by atoms with E-state index in [0.29, 0.717) is 6.61 Å². The smallest absolute Gasteiger partial charge is 0.119 e. The molecule has 2 aromatic carbocycles. The van der Waals surface area contributed by atoms with E-state index in [2.05, 4.69) is 51.1 Å². The fraction of sp³-hybridized carbons (Fsp3) is 0.333. The lowest BCUT2D eigenvalue weighted by Crippen LogP contribution is -2.11. The van der Waals surface area contributed by atoms with Crippen molar-refractivity contribution in [2.24, 2.45) is 0 Å². The number of hydrogen-bond acceptors (Lipinski definition) is 1. The van der Waals surface area contributed by atoms with Crippen LogP contribution in [0.15, 0.2) is 48.5 Å². The monoisotopic (exact) mass is 253 g/mol. The first-order chi connectivity index (χ1) is 9.05. The zero-order chi connectivity index (χ0) is 13.7. The lowest BCUT2D eigenvalue weighted by Gasteiger charge is -2.19. The Balaban J connectivity index is 1.87. The van der Waals surface area contributed by atoms with E-state index in [0.717, 1.165) is 12.2 Å². The van der Waals surface area contributed by atoms with Crippen molar-refractivity contribution in [1.82, 2.24) is 0 Å². The van der Waals surface area contributed by atoms with Crippen molar-refractivity contribution in [3.8, 4) is 5.75 Å². The maximum absolute atomic E-state index is 5.69. The van der Waals surface area contributed by atoms with Crippen molar-refractivity contribution in [2.75, 3.05) is 6.61 Å². The van der Waals surface area contributed by atoms with Gasteiger partial charge in [0.15, 0.2) is 0 Å². The predicted molar refractivity (Wildman–Crippen MR) is 79.6 cm³/mol. The van der Waals surface area contributed by atoms with Gasteiger partial charge in [-0.3, -0.25) is 0 Å². The standard InChI is InChI=1S/C18H21O/c1-18(2,3)16-11-9-15(10-12-16)13-14-19-17-7-5-4-6-8-17/h5-12H,13-14H2,1-3H3. The average Bonchev–Trinajstić information content (AvgIpc) is 2.39. The number of ether oxygens (including phenoxy) is 1. The molecule has 0 aliphatic heterocycles. The van der Waals surface area contributed by atoms with E-state index in [-0.39, 0.29) is 5.41 Å². The van der Waals surface area contributed by atoms with Gasteiger partial charge in [-0.1, -0.05) is 57.2 Å². The van der Waals surface area contributed by atoms with Crippen LogP contribution in [0.25, 0.3) is 0 Å². The van der Waals surface area contributed by atoms with Gasteiger partial charge in [-0.15, -0.1) is 0 Å². The van der Waals surface area contributed by atoms with Gasteiger partial charge < -0.3 is 4.74 Å². The van der Waals surface area contributed by atoms with E-state index in [4.69, 9.17) is 4.74 Å². The van der Waals surface area contributed by atoms with Crippen LogP contribution in [-0.2, 0) is 11.8 Å². The van der Waals surface area contributed by atoms with Gasteiger partial charge in [-0.25, -0.2) is 0 Å². The average molecular weight is 253 g/mol. The van der Waals surface area contributed by atoms with Gasteiger partial charge in [0.1, 0.15) is 5.75 Å². The molecule has 1 radical (unpaired) electrons. The van der Waals surface area contributed by atoms with E-state index in [1.807, 2.05) is 24.3 Å². The van der Waals surface area contributed by atoms with Gasteiger partial charge in [-0.2, -0.15) is 0 Å². The molecule has 0 heterocycles. The van der Waals surface area contributed by atoms with Crippen molar-refractivity contribution in [1.29, 1.82) is 0 Å². The highest BCUT2D eigenvalue weighted by atomic mass is 16.5. The van der Waals surface area contributed by atoms with Crippen LogP contribution >= 0.6 is 0 Å². The topological polar surface area (TPSA) is 9.23 Å². The third-order valence-corrected chi connectivity index (χ3v) is 3.17. The minimum Gasteiger partial charge on any atom is -0.493 e. The van der Waals surface area contributed by atoms with Crippen LogP contribution in [0.3, 0.4) is 0 Å². The molecule has 2 aromatic rings. The molecule has 99 valence electrons. The summed E-state index contributed by atoms with van der Waals surface area (Å²) in [7, 11) is 0. The van der Waals surface area contributed by atoms with Gasteiger partial charge in [0.05, 0.1) is 6.61 Å². The number of hydrogen-bond donors (Lipinski definition) is 0. The zero-order valence-corrected chi connectivity index (χ0v) is 11.9. The second-order valence-electron chi connectivity index (χ2n) is 5.78. The minimum absolute atomic E-state index is 0.218. The second-order valence-corrected chi connectivity index (χ2v) is 5.78. The molecule has 0 saturated carbocycles. The lowest BCUT2D eigenvalue weighted by molar-refractivity contribution is 0.322. The Bertz CT molecular complexity index is 491. The van der Waals surface area contributed by atoms with Crippen LogP contribution in [0.4, 0.5) is 0 Å². The molecular formula is C18H21O. The first-order valence-electron chi connectivity index (χ1n) is 6.74. The summed E-state index contributed by atoms with van der Waals surface area (Å²) >= 11 is 0. The Morgan fingerprint density at radius 1 is 0.947 bits per heavy atom. The maximum Gasteiger partial charge on any atom is 0.119 e. The summed E-state index contributed by atoms with van der Waals surface area (Å²) in [5, 5.41) is 0. The first kappa shape index (κ1) is 13.7. The highest BCUT2D eigenvalue weighted by Gasteiger charge is 2.12. The van der Waals surface area contributed by atoms with Crippen LogP contribution in [0.5, 0.6) is 5.75 Å². The molecule has 0 unspecified atom stereocenters. The molecule has 0 aliphatic rings. The molecule has 0 saturated heterocycles. The largest absolute Gasteiger partial charge is 0.493 e. The minimum atomic E-state index is 0.218. The van der Waals surface area contributed by atoms with Crippen LogP contribution in [0.2, 0.25) is 0 Å². The Morgan fingerprint density at radius 2 is 1.58 bits per heavy atom. The van der Waals surface area contributed by atoms with Crippen LogP contribution in [0, 0.1) is 6.07 Å². The molecule has 2 rings (SSSR count). The van der Waals surface area contributed by atoms with Gasteiger partial charge in [0.2, 0.25) is 0 Å². The quantitative estimate of drug-likeness (QED) is 0.784. The molecule has 0 bridgehead atoms. The van der Waals surface area contributed by atoms with Gasteiger partial charge in [0.25, 0.3) is 0 Å². The maximum atomic E-state index is 5.69. The van der Waals surface area contributed by atoms with E-state index < -0.39 is 0 Å². The van der Waals surface area contributed by atoms with Gasteiger partial charge >= 0.3 is 0 Å². The predicted octanol–water partition coefficient (Wildman–Crippen LogP) is 4.41. The van der Waals surface area contributed by atoms with Crippen molar-refractivity contribution in [3.63, 3.8) is 0 Å². The number of benzene rings is 2. The third kappa shape index (κ3) is 4.13. The molecule has 19 heavy (non-hydrogen) atoms. The van der Waals surface area contributed by atoms with E-state index in [1.165, 1.54) is 11.1 Å². The summed E-state index contributed by atoms with van der Waals surface area (Å²) in [6, 6.07) is 19.4. The van der Waals surface area contributed by atoms with E-state index in [9.17, 15) is 0 Å². The van der Waals surface area contributed by atoms with Gasteiger partial charge in [-0.05, 0) is 34.7 Å². The summed E-state index contributed by atoms with van der Waals surface area (Å²) < 4.78 is 5.69. The highest BCUT2D eigenvalue weighted by Crippen LogP contribution is 2.22. The summed E-state index contributed by atoms with van der Waals surface area (Å²) in [5.74, 6) is 0.907. The van der Waals surface area contributed by atoms with Crippen molar-refractivity contribution in [3.05, 3.63) is 65.7 Å². The molecule has 0 aliphatic carbocycles. The lowest BCUT2D eigenvalue weighted by atomic mass is 9.86. The SMILES string of the molecule is CC(C)(C)c1ccc(CCOc2cc[c]cc2)cc1. The van der Waals surface area contributed by atoms with E-state index >= 15 is 0 Å². The normalized spacial score (nSPS) is 11.3. The van der Waals surface area contributed by atoms with Crippen molar-refractivity contribution in [2.45, 2.75) is 32.6 Å². The molecule has 0 N–H and O–H groups in total. The zero-order valence-electron chi connectivity index (χ0n) is 11.9. The summed E-state index contributed by atoms with van der Waals surface area (Å²) in [5.41, 5.74) is 2.90. The Kier molecular flexibility index (Phi) is 4.26. The Morgan fingerprint density at radius 3 is 2.16 bits per heavy atom. The third-order valence-electron chi connectivity index (χ3n) is 3.17. The fourth-order valence-corrected chi connectivity index (χ4v) is 1.93. The summed E-state index contributed by atoms with van der Waals surface area (Å²) in [4.78, 5) is 0. The molecule has 0 amide bonds.